The molecular weight excluding hydrogens is 599 g/mol. The van der Waals surface area contributed by atoms with E-state index in [0.717, 1.165) is 11.3 Å². The van der Waals surface area contributed by atoms with E-state index in [1.165, 1.54) is 17.0 Å². The Morgan fingerprint density at radius 2 is 1.36 bits per heavy atom. The maximum atomic E-state index is 15.1. The summed E-state index contributed by atoms with van der Waals surface area (Å²) in [5.74, 6) is -1.20. The molecule has 47 heavy (non-hydrogen) atoms. The van der Waals surface area contributed by atoms with E-state index in [1.807, 2.05) is 48.7 Å². The molecule has 0 radical (unpaired) electrons. The fraction of sp³-hybridized carbons (Fsp3) is 0.243. The summed E-state index contributed by atoms with van der Waals surface area (Å²) < 4.78 is 16.2. The normalized spacial score (nSPS) is 12.6. The monoisotopic (exact) mass is 636 g/mol. The molecule has 0 spiro atoms. The Labute approximate surface area is 272 Å². The van der Waals surface area contributed by atoms with Crippen molar-refractivity contribution in [2.75, 3.05) is 4.90 Å². The zero-order valence-electron chi connectivity index (χ0n) is 26.2. The highest BCUT2D eigenvalue weighted by atomic mass is 19.1. The van der Waals surface area contributed by atoms with Crippen LogP contribution in [-0.2, 0) is 11.2 Å². The van der Waals surface area contributed by atoms with E-state index in [-0.39, 0.29) is 31.2 Å². The van der Waals surface area contributed by atoms with Crippen molar-refractivity contribution in [1.29, 1.82) is 0 Å². The van der Waals surface area contributed by atoms with Crippen LogP contribution in [0.15, 0.2) is 103 Å². The van der Waals surface area contributed by atoms with Crippen LogP contribution >= 0.6 is 0 Å². The number of amides is 1. The number of rotatable bonds is 13. The number of aliphatic carboxylic acids is 1. The van der Waals surface area contributed by atoms with Gasteiger partial charge in [0.1, 0.15) is 23.1 Å². The Morgan fingerprint density at radius 1 is 0.787 bits per heavy atom. The van der Waals surface area contributed by atoms with E-state index in [1.54, 1.807) is 60.9 Å². The number of carboxylic acid groups (broad SMARTS) is 1. The predicted molar refractivity (Wildman–Crippen MR) is 178 cm³/mol. The smallest absolute Gasteiger partial charge is 0.305 e. The van der Waals surface area contributed by atoms with Crippen LogP contribution in [0.3, 0.4) is 0 Å². The van der Waals surface area contributed by atoms with Gasteiger partial charge >= 0.3 is 5.97 Å². The molecule has 3 heterocycles. The lowest BCUT2D eigenvalue weighted by atomic mass is 9.92. The van der Waals surface area contributed by atoms with Crippen molar-refractivity contribution >= 4 is 23.5 Å². The molecule has 0 aliphatic carbocycles. The van der Waals surface area contributed by atoms with Gasteiger partial charge in [-0.3, -0.25) is 9.59 Å². The summed E-state index contributed by atoms with van der Waals surface area (Å²) in [6.45, 7) is 3.92. The van der Waals surface area contributed by atoms with Gasteiger partial charge in [-0.15, -0.1) is 0 Å². The first-order valence-electron chi connectivity index (χ1n) is 15.5. The predicted octanol–water partition coefficient (Wildman–Crippen LogP) is 6.83. The van der Waals surface area contributed by atoms with Crippen molar-refractivity contribution in [1.82, 2.24) is 14.5 Å². The fourth-order valence-electron chi connectivity index (χ4n) is 5.90. The summed E-state index contributed by atoms with van der Waals surface area (Å²) in [5, 5.41) is 30.2. The van der Waals surface area contributed by atoms with Crippen LogP contribution in [-0.4, -0.2) is 53.9 Å². The first kappa shape index (κ1) is 33.2. The number of anilines is 2. The molecule has 3 aromatic heterocycles. The summed E-state index contributed by atoms with van der Waals surface area (Å²) >= 11 is 0. The minimum atomic E-state index is -1.21. The molecule has 1 amide bonds. The zero-order chi connectivity index (χ0) is 33.5. The molecule has 0 saturated carbocycles. The van der Waals surface area contributed by atoms with Gasteiger partial charge in [0.2, 0.25) is 0 Å². The number of nitrogens with zero attached hydrogens (tertiary/aromatic N) is 4. The van der Waals surface area contributed by atoms with Gasteiger partial charge in [0.05, 0.1) is 18.6 Å². The average molecular weight is 637 g/mol. The van der Waals surface area contributed by atoms with Crippen molar-refractivity contribution < 1.29 is 29.3 Å². The van der Waals surface area contributed by atoms with Gasteiger partial charge in [0, 0.05) is 35.3 Å². The van der Waals surface area contributed by atoms with Crippen LogP contribution < -0.4 is 4.90 Å². The number of hydrogen-bond donors (Lipinski definition) is 3. The Hall–Kier alpha value is -5.19. The van der Waals surface area contributed by atoms with Crippen LogP contribution in [0.25, 0.3) is 22.3 Å². The first-order chi connectivity index (χ1) is 22.7. The number of aliphatic hydroxyl groups excluding tert-OH is 2. The molecule has 10 heteroatoms. The molecule has 0 fully saturated rings. The summed E-state index contributed by atoms with van der Waals surface area (Å²) in [4.78, 5) is 36.7. The van der Waals surface area contributed by atoms with Gasteiger partial charge < -0.3 is 19.9 Å². The number of pyridine rings is 2. The van der Waals surface area contributed by atoms with Crippen LogP contribution in [0.4, 0.5) is 16.0 Å². The Kier molecular flexibility index (Phi) is 10.5. The number of aromatic nitrogens is 3. The molecule has 2 atom stereocenters. The van der Waals surface area contributed by atoms with Crippen LogP contribution in [0, 0.1) is 5.82 Å². The lowest BCUT2D eigenvalue weighted by Gasteiger charge is -2.24. The topological polar surface area (TPSA) is 129 Å². The highest BCUT2D eigenvalue weighted by Gasteiger charge is 2.34. The first-order valence-corrected chi connectivity index (χ1v) is 15.5. The summed E-state index contributed by atoms with van der Waals surface area (Å²) in [5.41, 5.74) is 3.85. The van der Waals surface area contributed by atoms with Crippen molar-refractivity contribution in [2.45, 2.75) is 57.8 Å². The van der Waals surface area contributed by atoms with Crippen molar-refractivity contribution in [3.8, 4) is 22.3 Å². The number of halogens is 1. The van der Waals surface area contributed by atoms with E-state index in [4.69, 9.17) is 5.11 Å². The second-order valence-electron chi connectivity index (χ2n) is 11.6. The maximum Gasteiger partial charge on any atom is 0.305 e. The van der Waals surface area contributed by atoms with Crippen molar-refractivity contribution in [2.24, 2.45) is 0 Å². The molecule has 3 N–H and O–H groups in total. The lowest BCUT2D eigenvalue weighted by molar-refractivity contribution is -0.139. The largest absolute Gasteiger partial charge is 0.481 e. The highest BCUT2D eigenvalue weighted by molar-refractivity contribution is 6.15. The minimum absolute atomic E-state index is 0.120. The van der Waals surface area contributed by atoms with Crippen molar-refractivity contribution in [3.05, 3.63) is 121 Å². The molecule has 242 valence electrons. The third-order valence-electron chi connectivity index (χ3n) is 7.85. The van der Waals surface area contributed by atoms with Gasteiger partial charge in [-0.2, -0.15) is 0 Å². The van der Waals surface area contributed by atoms with Gasteiger partial charge in [-0.05, 0) is 80.6 Å². The lowest BCUT2D eigenvalue weighted by Crippen LogP contribution is -2.31. The molecule has 5 aromatic rings. The van der Waals surface area contributed by atoms with E-state index in [0.29, 0.717) is 34.0 Å². The number of benzene rings is 2. The summed E-state index contributed by atoms with van der Waals surface area (Å²) in [6, 6.07) is 25.9. The Morgan fingerprint density at radius 3 is 1.89 bits per heavy atom. The van der Waals surface area contributed by atoms with E-state index < -0.39 is 30.4 Å². The number of aliphatic hydroxyl groups is 2. The number of carbonyl (C=O) groups is 2. The summed E-state index contributed by atoms with van der Waals surface area (Å²) in [7, 11) is 0. The second kappa shape index (κ2) is 14.9. The SMILES string of the molecule is CC(C)n1c(CCC(O)CC(O)CC(=O)O)c(-c2ccc(F)cc2)c(-c2ccccc2)c1C(=O)N(c1ccccn1)c1ccccn1. The van der Waals surface area contributed by atoms with Gasteiger partial charge in [-0.1, -0.05) is 54.6 Å². The quantitative estimate of drug-likeness (QED) is 0.129. The van der Waals surface area contributed by atoms with Crippen LogP contribution in [0.1, 0.15) is 55.3 Å². The van der Waals surface area contributed by atoms with Gasteiger partial charge in [-0.25, -0.2) is 19.3 Å². The minimum Gasteiger partial charge on any atom is -0.481 e. The van der Waals surface area contributed by atoms with Gasteiger partial charge in [0.25, 0.3) is 5.91 Å². The molecule has 0 saturated heterocycles. The molecule has 9 nitrogen and oxygen atoms in total. The number of carboxylic acids is 1. The molecule has 0 aliphatic rings. The molecule has 2 aromatic carbocycles. The standard InChI is InChI=1S/C37H37FN4O5/c1-24(2)41-30(19-18-28(43)22-29(44)23-33(45)46)34(26-14-16-27(38)17-15-26)35(25-10-4-3-5-11-25)36(41)37(47)42(31-12-6-8-20-39-31)32-13-7-9-21-40-32/h3-17,20-21,24,28-29,43-44H,18-19,22-23H2,1-2H3,(H,45,46). The fourth-order valence-corrected chi connectivity index (χ4v) is 5.90. The van der Waals surface area contributed by atoms with E-state index in [9.17, 15) is 19.4 Å². The molecule has 0 bridgehead atoms. The van der Waals surface area contributed by atoms with Crippen LogP contribution in [0.5, 0.6) is 0 Å². The van der Waals surface area contributed by atoms with Gasteiger partial charge in [0.15, 0.2) is 0 Å². The average Bonchev–Trinajstić information content (AvgIpc) is 3.41. The Balaban J connectivity index is 1.76. The maximum absolute atomic E-state index is 15.1. The van der Waals surface area contributed by atoms with Crippen molar-refractivity contribution in [3.63, 3.8) is 0 Å². The second-order valence-corrected chi connectivity index (χ2v) is 11.6. The highest BCUT2D eigenvalue weighted by Crippen LogP contribution is 2.44. The molecule has 5 rings (SSSR count). The Bertz CT molecular complexity index is 1760. The summed E-state index contributed by atoms with van der Waals surface area (Å²) in [6.07, 6.45) is 0.831. The number of hydrogen-bond acceptors (Lipinski definition) is 6. The number of carbonyl (C=O) groups excluding carboxylic acids is 1. The van der Waals surface area contributed by atoms with E-state index in [2.05, 4.69) is 9.97 Å². The molecular formula is C37H37FN4O5. The van der Waals surface area contributed by atoms with Crippen LogP contribution in [0.2, 0.25) is 0 Å². The van der Waals surface area contributed by atoms with E-state index >= 15 is 4.79 Å². The molecule has 2 unspecified atom stereocenters. The molecule has 0 aliphatic heterocycles. The third-order valence-corrected chi connectivity index (χ3v) is 7.85. The zero-order valence-corrected chi connectivity index (χ0v) is 26.2. The third kappa shape index (κ3) is 7.62.